The Morgan fingerprint density at radius 1 is 1.45 bits per heavy atom. The fraction of sp³-hybridized carbons (Fsp3) is 0.538. The topological polar surface area (TPSA) is 89.9 Å². The standard InChI is InChI=1S/C13H20N2O4S/c1-2-3-6-15(7-8-16)13(19)14-11(12(17)18)10-5-4-9-20-10/h4-5,9,11,16H,2-3,6-8H2,1H3,(H,14,19)(H,17,18). The van der Waals surface area contributed by atoms with Crippen LogP contribution in [-0.2, 0) is 4.79 Å². The minimum atomic E-state index is -1.10. The van der Waals surface area contributed by atoms with Gasteiger partial charge in [0.2, 0.25) is 0 Å². The van der Waals surface area contributed by atoms with E-state index in [4.69, 9.17) is 5.11 Å². The van der Waals surface area contributed by atoms with Gasteiger partial charge in [-0.3, -0.25) is 0 Å². The second-order valence-corrected chi connectivity index (χ2v) is 5.28. The summed E-state index contributed by atoms with van der Waals surface area (Å²) in [4.78, 5) is 25.4. The Morgan fingerprint density at radius 2 is 2.20 bits per heavy atom. The first-order valence-electron chi connectivity index (χ1n) is 6.52. The second-order valence-electron chi connectivity index (χ2n) is 4.30. The van der Waals surface area contributed by atoms with Crippen molar-refractivity contribution >= 4 is 23.3 Å². The van der Waals surface area contributed by atoms with Crippen molar-refractivity contribution in [3.8, 4) is 0 Å². The quantitative estimate of drug-likeness (QED) is 0.681. The Bertz CT molecular complexity index is 422. The number of urea groups is 1. The molecule has 1 aromatic rings. The summed E-state index contributed by atoms with van der Waals surface area (Å²) in [5.41, 5.74) is 0. The Balaban J connectivity index is 2.70. The van der Waals surface area contributed by atoms with Crippen LogP contribution in [0.15, 0.2) is 17.5 Å². The van der Waals surface area contributed by atoms with Crippen molar-refractivity contribution in [2.24, 2.45) is 0 Å². The van der Waals surface area contributed by atoms with Crippen LogP contribution in [0.2, 0.25) is 0 Å². The minimum Gasteiger partial charge on any atom is -0.479 e. The van der Waals surface area contributed by atoms with E-state index in [1.165, 1.54) is 16.2 Å². The highest BCUT2D eigenvalue weighted by Crippen LogP contribution is 2.19. The molecular formula is C13H20N2O4S. The molecule has 2 amide bonds. The third-order valence-corrected chi connectivity index (χ3v) is 3.72. The molecule has 1 atom stereocenters. The zero-order valence-electron chi connectivity index (χ0n) is 11.4. The number of carboxylic acids is 1. The van der Waals surface area contributed by atoms with Gasteiger partial charge in [0.05, 0.1) is 6.61 Å². The molecule has 3 N–H and O–H groups in total. The van der Waals surface area contributed by atoms with E-state index < -0.39 is 18.0 Å². The lowest BCUT2D eigenvalue weighted by molar-refractivity contribution is -0.139. The summed E-state index contributed by atoms with van der Waals surface area (Å²) < 4.78 is 0. The molecule has 0 fully saturated rings. The van der Waals surface area contributed by atoms with Gasteiger partial charge in [-0.05, 0) is 17.9 Å². The first kappa shape index (κ1) is 16.5. The summed E-state index contributed by atoms with van der Waals surface area (Å²) in [7, 11) is 0. The van der Waals surface area contributed by atoms with E-state index in [1.807, 2.05) is 6.92 Å². The smallest absolute Gasteiger partial charge is 0.331 e. The van der Waals surface area contributed by atoms with Crippen molar-refractivity contribution < 1.29 is 19.8 Å². The Morgan fingerprint density at radius 3 is 2.70 bits per heavy atom. The first-order chi connectivity index (χ1) is 9.60. The monoisotopic (exact) mass is 300 g/mol. The van der Waals surface area contributed by atoms with Crippen LogP contribution in [0.4, 0.5) is 4.79 Å². The Kier molecular flexibility index (Phi) is 7.03. The third kappa shape index (κ3) is 4.82. The van der Waals surface area contributed by atoms with Crippen molar-refractivity contribution in [3.05, 3.63) is 22.4 Å². The second kappa shape index (κ2) is 8.55. The molecule has 1 aromatic heterocycles. The highest BCUT2D eigenvalue weighted by molar-refractivity contribution is 7.10. The summed E-state index contributed by atoms with van der Waals surface area (Å²) in [6.07, 6.45) is 1.73. The number of aliphatic hydroxyl groups excluding tert-OH is 1. The zero-order chi connectivity index (χ0) is 15.0. The molecule has 20 heavy (non-hydrogen) atoms. The van der Waals surface area contributed by atoms with E-state index in [2.05, 4.69) is 5.32 Å². The number of nitrogens with one attached hydrogen (secondary N) is 1. The van der Waals surface area contributed by atoms with Gasteiger partial charge in [-0.25, -0.2) is 9.59 Å². The fourth-order valence-corrected chi connectivity index (χ4v) is 2.48. The molecule has 0 bridgehead atoms. The van der Waals surface area contributed by atoms with E-state index in [1.54, 1.807) is 17.5 Å². The van der Waals surface area contributed by atoms with Crippen molar-refractivity contribution in [2.75, 3.05) is 19.7 Å². The number of thiophene rings is 1. The number of rotatable bonds is 8. The van der Waals surface area contributed by atoms with Crippen LogP contribution >= 0.6 is 11.3 Å². The minimum absolute atomic E-state index is 0.145. The normalized spacial score (nSPS) is 11.9. The number of carbonyl (C=O) groups excluding carboxylic acids is 1. The molecule has 6 nitrogen and oxygen atoms in total. The number of carboxylic acid groups (broad SMARTS) is 1. The Hall–Kier alpha value is -1.60. The zero-order valence-corrected chi connectivity index (χ0v) is 12.2. The maximum Gasteiger partial charge on any atom is 0.331 e. The number of aliphatic hydroxyl groups is 1. The molecule has 0 spiro atoms. The molecule has 0 saturated heterocycles. The number of carbonyl (C=O) groups is 2. The van der Waals surface area contributed by atoms with Crippen LogP contribution in [0.5, 0.6) is 0 Å². The van der Waals surface area contributed by atoms with Gasteiger partial charge in [0.25, 0.3) is 0 Å². The molecule has 0 aliphatic carbocycles. The lowest BCUT2D eigenvalue weighted by atomic mass is 10.2. The largest absolute Gasteiger partial charge is 0.479 e. The third-order valence-electron chi connectivity index (χ3n) is 2.78. The fourth-order valence-electron chi connectivity index (χ4n) is 1.71. The molecule has 1 heterocycles. The van der Waals surface area contributed by atoms with Gasteiger partial charge >= 0.3 is 12.0 Å². The van der Waals surface area contributed by atoms with E-state index in [0.717, 1.165) is 12.8 Å². The SMILES string of the molecule is CCCCN(CCO)C(=O)NC(C(=O)O)c1cccs1. The highest BCUT2D eigenvalue weighted by Gasteiger charge is 2.25. The molecule has 0 aliphatic heterocycles. The van der Waals surface area contributed by atoms with Gasteiger partial charge in [0, 0.05) is 18.0 Å². The summed E-state index contributed by atoms with van der Waals surface area (Å²) in [5.74, 6) is -1.10. The molecular weight excluding hydrogens is 280 g/mol. The van der Waals surface area contributed by atoms with Crippen LogP contribution in [0.1, 0.15) is 30.7 Å². The van der Waals surface area contributed by atoms with Gasteiger partial charge in [-0.15, -0.1) is 11.3 Å². The summed E-state index contributed by atoms with van der Waals surface area (Å²) in [6.45, 7) is 2.55. The molecule has 0 radical (unpaired) electrons. The highest BCUT2D eigenvalue weighted by atomic mass is 32.1. The van der Waals surface area contributed by atoms with E-state index in [-0.39, 0.29) is 13.2 Å². The van der Waals surface area contributed by atoms with Gasteiger partial charge in [0.1, 0.15) is 0 Å². The van der Waals surface area contributed by atoms with Crippen LogP contribution in [0.3, 0.4) is 0 Å². The summed E-state index contributed by atoms with van der Waals surface area (Å²) in [5, 5.41) is 22.4. The lowest BCUT2D eigenvalue weighted by Crippen LogP contribution is -2.45. The molecule has 0 saturated carbocycles. The van der Waals surface area contributed by atoms with Gasteiger partial charge in [-0.2, -0.15) is 0 Å². The maximum atomic E-state index is 12.1. The number of aliphatic carboxylic acids is 1. The van der Waals surface area contributed by atoms with Crippen LogP contribution in [0, 0.1) is 0 Å². The van der Waals surface area contributed by atoms with Crippen molar-refractivity contribution in [1.29, 1.82) is 0 Å². The molecule has 1 rings (SSSR count). The summed E-state index contributed by atoms with van der Waals surface area (Å²) in [6, 6.07) is 1.90. The number of nitrogens with zero attached hydrogens (tertiary/aromatic N) is 1. The molecule has 112 valence electrons. The Labute approximate surface area is 122 Å². The average Bonchev–Trinajstić information content (AvgIpc) is 2.93. The van der Waals surface area contributed by atoms with Gasteiger partial charge in [-0.1, -0.05) is 19.4 Å². The van der Waals surface area contributed by atoms with Crippen LogP contribution < -0.4 is 5.32 Å². The maximum absolute atomic E-state index is 12.1. The van der Waals surface area contributed by atoms with E-state index in [0.29, 0.717) is 11.4 Å². The predicted molar refractivity (Wildman–Crippen MR) is 76.8 cm³/mol. The number of hydrogen-bond acceptors (Lipinski definition) is 4. The molecule has 0 aliphatic rings. The van der Waals surface area contributed by atoms with E-state index in [9.17, 15) is 14.7 Å². The van der Waals surface area contributed by atoms with Gasteiger partial charge < -0.3 is 20.4 Å². The average molecular weight is 300 g/mol. The van der Waals surface area contributed by atoms with Crippen LogP contribution in [0.25, 0.3) is 0 Å². The lowest BCUT2D eigenvalue weighted by Gasteiger charge is -2.24. The number of hydrogen-bond donors (Lipinski definition) is 3. The van der Waals surface area contributed by atoms with Gasteiger partial charge in [0.15, 0.2) is 6.04 Å². The molecule has 0 aromatic carbocycles. The first-order valence-corrected chi connectivity index (χ1v) is 7.40. The van der Waals surface area contributed by atoms with Crippen molar-refractivity contribution in [2.45, 2.75) is 25.8 Å². The van der Waals surface area contributed by atoms with Crippen LogP contribution in [-0.4, -0.2) is 46.8 Å². The number of amides is 2. The molecule has 1 unspecified atom stereocenters. The van der Waals surface area contributed by atoms with E-state index >= 15 is 0 Å². The van der Waals surface area contributed by atoms with Crippen molar-refractivity contribution in [1.82, 2.24) is 10.2 Å². The molecule has 7 heteroatoms. The predicted octanol–water partition coefficient (Wildman–Crippen LogP) is 1.68. The van der Waals surface area contributed by atoms with Crippen molar-refractivity contribution in [3.63, 3.8) is 0 Å². The number of unbranched alkanes of at least 4 members (excludes halogenated alkanes) is 1. The summed E-state index contributed by atoms with van der Waals surface area (Å²) >= 11 is 1.28.